The van der Waals surface area contributed by atoms with Crippen LogP contribution in [-0.4, -0.2) is 5.11 Å². The van der Waals surface area contributed by atoms with Crippen LogP contribution in [0, 0.1) is 17.5 Å². The molecule has 2 rings (SSSR count). The van der Waals surface area contributed by atoms with Crippen molar-refractivity contribution >= 4 is 5.69 Å². The van der Waals surface area contributed by atoms with E-state index in [4.69, 9.17) is 5.11 Å². The van der Waals surface area contributed by atoms with Crippen molar-refractivity contribution in [3.8, 4) is 5.75 Å². The Labute approximate surface area is 108 Å². The number of nitrogens with one attached hydrogen (secondary N) is 1. The summed E-state index contributed by atoms with van der Waals surface area (Å²) in [6.07, 6.45) is 0. The fourth-order valence-electron chi connectivity index (χ4n) is 1.71. The lowest BCUT2D eigenvalue weighted by atomic mass is 10.1. The third-order valence-corrected chi connectivity index (χ3v) is 2.77. The van der Waals surface area contributed by atoms with E-state index in [1.165, 1.54) is 18.2 Å². The van der Waals surface area contributed by atoms with Crippen LogP contribution in [0.3, 0.4) is 0 Å². The van der Waals surface area contributed by atoms with Gasteiger partial charge in [-0.05, 0) is 36.8 Å². The SMILES string of the molecule is CC(Nc1ccc(O)c(F)c1)c1ccc(F)c(F)c1. The quantitative estimate of drug-likeness (QED) is 0.824. The Bertz CT molecular complexity index is 601. The van der Waals surface area contributed by atoms with Crippen LogP contribution in [0.25, 0.3) is 0 Å². The zero-order valence-corrected chi connectivity index (χ0v) is 10.1. The highest BCUT2D eigenvalue weighted by Crippen LogP contribution is 2.24. The maximum Gasteiger partial charge on any atom is 0.166 e. The van der Waals surface area contributed by atoms with Gasteiger partial charge in [0.25, 0.3) is 0 Å². The van der Waals surface area contributed by atoms with Crippen molar-refractivity contribution in [3.05, 3.63) is 59.4 Å². The minimum absolute atomic E-state index is 0.334. The van der Waals surface area contributed by atoms with E-state index < -0.39 is 23.2 Å². The number of benzene rings is 2. The highest BCUT2D eigenvalue weighted by molar-refractivity contribution is 5.48. The molecule has 19 heavy (non-hydrogen) atoms. The second kappa shape index (κ2) is 5.22. The molecule has 0 spiro atoms. The largest absolute Gasteiger partial charge is 0.505 e. The Morgan fingerprint density at radius 1 is 0.947 bits per heavy atom. The van der Waals surface area contributed by atoms with Gasteiger partial charge in [0.1, 0.15) is 0 Å². The zero-order valence-electron chi connectivity index (χ0n) is 10.1. The lowest BCUT2D eigenvalue weighted by Gasteiger charge is -2.16. The molecule has 0 aromatic heterocycles. The van der Waals surface area contributed by atoms with Gasteiger partial charge in [-0.2, -0.15) is 0 Å². The molecule has 0 aliphatic carbocycles. The van der Waals surface area contributed by atoms with E-state index in [2.05, 4.69) is 5.32 Å². The van der Waals surface area contributed by atoms with Gasteiger partial charge in [0.15, 0.2) is 23.2 Å². The molecule has 1 atom stereocenters. The van der Waals surface area contributed by atoms with Crippen LogP contribution in [0.5, 0.6) is 5.75 Å². The Morgan fingerprint density at radius 3 is 2.32 bits per heavy atom. The summed E-state index contributed by atoms with van der Waals surface area (Å²) in [4.78, 5) is 0. The summed E-state index contributed by atoms with van der Waals surface area (Å²) >= 11 is 0. The standard InChI is InChI=1S/C14H12F3NO/c1-8(9-2-4-11(15)12(16)6-9)18-10-3-5-14(19)13(17)7-10/h2-8,18-19H,1H3. The molecule has 0 saturated carbocycles. The average Bonchev–Trinajstić information content (AvgIpc) is 2.37. The fourth-order valence-corrected chi connectivity index (χ4v) is 1.71. The topological polar surface area (TPSA) is 32.3 Å². The first-order valence-corrected chi connectivity index (χ1v) is 5.67. The first-order chi connectivity index (χ1) is 8.97. The number of phenolic OH excluding ortho intramolecular Hbond substituents is 1. The summed E-state index contributed by atoms with van der Waals surface area (Å²) in [6.45, 7) is 1.73. The maximum absolute atomic E-state index is 13.1. The van der Waals surface area contributed by atoms with Crippen LogP contribution in [-0.2, 0) is 0 Å². The molecule has 0 aliphatic heterocycles. The smallest absolute Gasteiger partial charge is 0.166 e. The number of halogens is 3. The van der Waals surface area contributed by atoms with Crippen LogP contribution in [0.4, 0.5) is 18.9 Å². The van der Waals surface area contributed by atoms with Gasteiger partial charge < -0.3 is 10.4 Å². The lowest BCUT2D eigenvalue weighted by Crippen LogP contribution is -2.07. The van der Waals surface area contributed by atoms with Crippen LogP contribution < -0.4 is 5.32 Å². The summed E-state index contributed by atoms with van der Waals surface area (Å²) in [7, 11) is 0. The average molecular weight is 267 g/mol. The van der Waals surface area contributed by atoms with Gasteiger partial charge >= 0.3 is 0 Å². The molecular weight excluding hydrogens is 255 g/mol. The van der Waals surface area contributed by atoms with E-state index in [1.54, 1.807) is 6.92 Å². The molecule has 1 unspecified atom stereocenters. The van der Waals surface area contributed by atoms with Crippen LogP contribution in [0.15, 0.2) is 36.4 Å². The molecule has 0 saturated heterocycles. The molecule has 2 aromatic rings. The predicted octanol–water partition coefficient (Wildman–Crippen LogP) is 3.98. The van der Waals surface area contributed by atoms with Crippen molar-refractivity contribution in [3.63, 3.8) is 0 Å². The first-order valence-electron chi connectivity index (χ1n) is 5.67. The summed E-state index contributed by atoms with van der Waals surface area (Å²) in [6, 6.07) is 7.09. The highest BCUT2D eigenvalue weighted by atomic mass is 19.2. The summed E-state index contributed by atoms with van der Waals surface area (Å²) < 4.78 is 39.1. The predicted molar refractivity (Wildman–Crippen MR) is 66.5 cm³/mol. The molecule has 2 nitrogen and oxygen atoms in total. The van der Waals surface area contributed by atoms with Crippen molar-refractivity contribution < 1.29 is 18.3 Å². The highest BCUT2D eigenvalue weighted by Gasteiger charge is 2.10. The molecule has 0 bridgehead atoms. The number of phenols is 1. The van der Waals surface area contributed by atoms with Gasteiger partial charge in [-0.25, -0.2) is 13.2 Å². The molecule has 2 N–H and O–H groups in total. The fraction of sp³-hybridized carbons (Fsp3) is 0.143. The van der Waals surface area contributed by atoms with Crippen molar-refractivity contribution in [1.82, 2.24) is 0 Å². The van der Waals surface area contributed by atoms with Crippen molar-refractivity contribution in [2.45, 2.75) is 13.0 Å². The monoisotopic (exact) mass is 267 g/mol. The molecular formula is C14H12F3NO. The summed E-state index contributed by atoms with van der Waals surface area (Å²) in [5.41, 5.74) is 0.972. The van der Waals surface area contributed by atoms with E-state index in [0.717, 1.165) is 18.2 Å². The van der Waals surface area contributed by atoms with Crippen molar-refractivity contribution in [1.29, 1.82) is 0 Å². The second-order valence-electron chi connectivity index (χ2n) is 4.21. The lowest BCUT2D eigenvalue weighted by molar-refractivity contribution is 0.432. The Hall–Kier alpha value is -2.17. The number of aromatic hydroxyl groups is 1. The van der Waals surface area contributed by atoms with Crippen molar-refractivity contribution in [2.75, 3.05) is 5.32 Å². The minimum atomic E-state index is -0.928. The normalized spacial score (nSPS) is 12.2. The molecule has 0 aliphatic rings. The Morgan fingerprint density at radius 2 is 1.68 bits per heavy atom. The van der Waals surface area contributed by atoms with E-state index in [9.17, 15) is 13.2 Å². The van der Waals surface area contributed by atoms with Gasteiger partial charge in [-0.15, -0.1) is 0 Å². The third-order valence-electron chi connectivity index (χ3n) is 2.77. The molecule has 5 heteroatoms. The van der Waals surface area contributed by atoms with E-state index in [0.29, 0.717) is 11.3 Å². The summed E-state index contributed by atoms with van der Waals surface area (Å²) in [5, 5.41) is 12.0. The number of rotatable bonds is 3. The third kappa shape index (κ3) is 2.99. The van der Waals surface area contributed by atoms with E-state index in [1.807, 2.05) is 0 Å². The van der Waals surface area contributed by atoms with Crippen LogP contribution >= 0.6 is 0 Å². The molecule has 0 fully saturated rings. The van der Waals surface area contributed by atoms with Gasteiger partial charge in [0, 0.05) is 17.8 Å². The van der Waals surface area contributed by atoms with E-state index in [-0.39, 0.29) is 6.04 Å². The van der Waals surface area contributed by atoms with E-state index >= 15 is 0 Å². The van der Waals surface area contributed by atoms with Crippen LogP contribution in [0.2, 0.25) is 0 Å². The second-order valence-corrected chi connectivity index (χ2v) is 4.21. The molecule has 100 valence electrons. The minimum Gasteiger partial charge on any atom is -0.505 e. The van der Waals surface area contributed by atoms with Gasteiger partial charge in [0.2, 0.25) is 0 Å². The summed E-state index contributed by atoms with van der Waals surface area (Å²) in [5.74, 6) is -3.02. The Kier molecular flexibility index (Phi) is 3.64. The first kappa shape index (κ1) is 13.3. The molecule has 0 amide bonds. The number of hydrogen-bond donors (Lipinski definition) is 2. The van der Waals surface area contributed by atoms with Gasteiger partial charge in [-0.1, -0.05) is 6.07 Å². The molecule has 0 radical (unpaired) electrons. The number of hydrogen-bond acceptors (Lipinski definition) is 2. The molecule has 2 aromatic carbocycles. The Balaban J connectivity index is 2.17. The zero-order chi connectivity index (χ0) is 14.0. The number of anilines is 1. The van der Waals surface area contributed by atoms with Crippen molar-refractivity contribution in [2.24, 2.45) is 0 Å². The maximum atomic E-state index is 13.1. The van der Waals surface area contributed by atoms with Gasteiger partial charge in [0.05, 0.1) is 0 Å². The van der Waals surface area contributed by atoms with Crippen LogP contribution in [0.1, 0.15) is 18.5 Å². The molecule has 0 heterocycles. The van der Waals surface area contributed by atoms with Gasteiger partial charge in [-0.3, -0.25) is 0 Å².